The Bertz CT molecular complexity index is 737. The van der Waals surface area contributed by atoms with E-state index < -0.39 is 5.97 Å². The smallest absolute Gasteiger partial charge is 0.337 e. The van der Waals surface area contributed by atoms with Crippen LogP contribution >= 0.6 is 43.5 Å². The summed E-state index contributed by atoms with van der Waals surface area (Å²) in [5, 5.41) is 12.6. The molecule has 1 heterocycles. The van der Waals surface area contributed by atoms with E-state index in [0.29, 0.717) is 19.7 Å². The van der Waals surface area contributed by atoms with Gasteiger partial charge in [0.25, 0.3) is 5.91 Å². The summed E-state index contributed by atoms with van der Waals surface area (Å²) in [5.41, 5.74) is 1.70. The van der Waals surface area contributed by atoms with E-state index in [0.717, 1.165) is 5.56 Å². The SMILES string of the molecule is COC(=O)C1=C(Nc2c(Br)cc(Cl)c(C)c2Br)C(=O)N(CCO)C1. The van der Waals surface area contributed by atoms with E-state index in [1.54, 1.807) is 6.07 Å². The molecular weight excluding hydrogens is 467 g/mol. The number of anilines is 1. The number of halogens is 3. The van der Waals surface area contributed by atoms with Gasteiger partial charge in [0.05, 0.1) is 31.5 Å². The number of nitrogens with zero attached hydrogens (tertiary/aromatic N) is 1. The minimum Gasteiger partial charge on any atom is -0.466 e. The lowest BCUT2D eigenvalue weighted by molar-refractivity contribution is -0.136. The van der Waals surface area contributed by atoms with Crippen molar-refractivity contribution in [2.75, 3.05) is 32.1 Å². The normalized spacial score (nSPS) is 14.4. The molecule has 0 aromatic heterocycles. The van der Waals surface area contributed by atoms with E-state index in [9.17, 15) is 9.59 Å². The Morgan fingerprint density at radius 1 is 1.50 bits per heavy atom. The number of benzene rings is 1. The molecule has 0 atom stereocenters. The predicted octanol–water partition coefficient (Wildman–Crippen LogP) is 2.85. The summed E-state index contributed by atoms with van der Waals surface area (Å²) in [6, 6.07) is 1.70. The largest absolute Gasteiger partial charge is 0.466 e. The molecule has 1 amide bonds. The highest BCUT2D eigenvalue weighted by atomic mass is 79.9. The van der Waals surface area contributed by atoms with Crippen LogP contribution < -0.4 is 5.32 Å². The van der Waals surface area contributed by atoms with Crippen molar-refractivity contribution < 1.29 is 19.4 Å². The molecule has 9 heteroatoms. The van der Waals surface area contributed by atoms with Crippen molar-refractivity contribution in [2.24, 2.45) is 0 Å². The molecule has 24 heavy (non-hydrogen) atoms. The van der Waals surface area contributed by atoms with Crippen LogP contribution in [0.15, 0.2) is 26.3 Å². The minimum atomic E-state index is -0.593. The van der Waals surface area contributed by atoms with Crippen LogP contribution in [0, 0.1) is 6.92 Å². The molecule has 1 aliphatic rings. The van der Waals surface area contributed by atoms with Gasteiger partial charge in [0.1, 0.15) is 5.70 Å². The number of amides is 1. The average Bonchev–Trinajstić information content (AvgIpc) is 2.85. The van der Waals surface area contributed by atoms with Crippen LogP contribution in [0.2, 0.25) is 5.02 Å². The molecule has 6 nitrogen and oxygen atoms in total. The number of esters is 1. The van der Waals surface area contributed by atoms with Crippen molar-refractivity contribution in [3.63, 3.8) is 0 Å². The van der Waals surface area contributed by atoms with Crippen molar-refractivity contribution in [3.8, 4) is 0 Å². The van der Waals surface area contributed by atoms with Crippen LogP contribution in [0.5, 0.6) is 0 Å². The molecule has 1 aromatic rings. The third-order valence-electron chi connectivity index (χ3n) is 3.60. The summed E-state index contributed by atoms with van der Waals surface area (Å²) in [6.07, 6.45) is 0. The third-order valence-corrected chi connectivity index (χ3v) is 5.61. The highest BCUT2D eigenvalue weighted by Gasteiger charge is 2.35. The number of methoxy groups -OCH3 is 1. The second-order valence-corrected chi connectivity index (χ2v) is 7.13. The second-order valence-electron chi connectivity index (χ2n) is 5.07. The van der Waals surface area contributed by atoms with Gasteiger partial charge < -0.3 is 20.1 Å². The zero-order valence-electron chi connectivity index (χ0n) is 13.0. The van der Waals surface area contributed by atoms with Crippen LogP contribution in [0.4, 0.5) is 5.69 Å². The standard InChI is InChI=1S/C15H15Br2ClN2O4/c1-7-10(18)5-9(16)13(11(7)17)19-12-8(15(23)24-2)6-20(3-4-21)14(12)22/h5,19,21H,3-4,6H2,1-2H3. The van der Waals surface area contributed by atoms with E-state index in [-0.39, 0.29) is 36.9 Å². The Morgan fingerprint density at radius 2 is 2.17 bits per heavy atom. The zero-order valence-corrected chi connectivity index (χ0v) is 16.9. The first kappa shape index (κ1) is 19.2. The Labute approximate surface area is 161 Å². The molecule has 1 aromatic carbocycles. The maximum Gasteiger partial charge on any atom is 0.337 e. The monoisotopic (exact) mass is 480 g/mol. The molecule has 0 saturated carbocycles. The number of nitrogens with one attached hydrogen (secondary N) is 1. The first-order chi connectivity index (χ1) is 11.3. The van der Waals surface area contributed by atoms with E-state index in [1.807, 2.05) is 6.92 Å². The van der Waals surface area contributed by atoms with E-state index in [2.05, 4.69) is 37.2 Å². The van der Waals surface area contributed by atoms with Crippen LogP contribution in [0.3, 0.4) is 0 Å². The van der Waals surface area contributed by atoms with Gasteiger partial charge in [-0.05, 0) is 50.4 Å². The number of β-amino-alcohol motifs (C(OH)–C–C–N with tert-alkyl or cyclic N) is 1. The molecule has 0 saturated heterocycles. The van der Waals surface area contributed by atoms with Gasteiger partial charge >= 0.3 is 5.97 Å². The molecule has 0 fully saturated rings. The lowest BCUT2D eigenvalue weighted by Gasteiger charge is -2.17. The molecule has 130 valence electrons. The van der Waals surface area contributed by atoms with E-state index >= 15 is 0 Å². The molecule has 0 radical (unpaired) electrons. The molecular formula is C15H15Br2ClN2O4. The van der Waals surface area contributed by atoms with E-state index in [1.165, 1.54) is 12.0 Å². The number of rotatable bonds is 5. The Morgan fingerprint density at radius 3 is 2.75 bits per heavy atom. The van der Waals surface area contributed by atoms with Gasteiger partial charge in [0, 0.05) is 20.5 Å². The van der Waals surface area contributed by atoms with Gasteiger partial charge in [0.2, 0.25) is 0 Å². The van der Waals surface area contributed by atoms with Crippen molar-refractivity contribution in [2.45, 2.75) is 6.92 Å². The van der Waals surface area contributed by atoms with Crippen LogP contribution in [-0.2, 0) is 14.3 Å². The summed E-state index contributed by atoms with van der Waals surface area (Å²) in [7, 11) is 1.25. The fraction of sp³-hybridized carbons (Fsp3) is 0.333. The Balaban J connectivity index is 2.47. The molecule has 2 N–H and O–H groups in total. The predicted molar refractivity (Wildman–Crippen MR) is 97.9 cm³/mol. The number of hydrogen-bond donors (Lipinski definition) is 2. The van der Waals surface area contributed by atoms with Gasteiger partial charge in [-0.3, -0.25) is 4.79 Å². The summed E-state index contributed by atoms with van der Waals surface area (Å²) in [5.74, 6) is -0.972. The Kier molecular flexibility index (Phi) is 6.30. The maximum atomic E-state index is 12.5. The van der Waals surface area contributed by atoms with Crippen molar-refractivity contribution >= 4 is 61.0 Å². The number of hydrogen-bond acceptors (Lipinski definition) is 5. The van der Waals surface area contributed by atoms with Crippen LogP contribution in [-0.4, -0.2) is 48.7 Å². The van der Waals surface area contributed by atoms with Crippen molar-refractivity contribution in [3.05, 3.63) is 36.9 Å². The summed E-state index contributed by atoms with van der Waals surface area (Å²) < 4.78 is 6.06. The molecule has 1 aliphatic heterocycles. The molecule has 0 aliphatic carbocycles. The first-order valence-electron chi connectivity index (χ1n) is 6.94. The number of aliphatic hydroxyl groups excluding tert-OH is 1. The molecule has 0 bridgehead atoms. The highest BCUT2D eigenvalue weighted by Crippen LogP contribution is 2.39. The zero-order chi connectivity index (χ0) is 18.0. The number of carbonyl (C=O) groups excluding carboxylic acids is 2. The van der Waals surface area contributed by atoms with Crippen LogP contribution in [0.25, 0.3) is 0 Å². The third kappa shape index (κ3) is 3.61. The van der Waals surface area contributed by atoms with Gasteiger partial charge in [-0.25, -0.2) is 4.79 Å². The summed E-state index contributed by atoms with van der Waals surface area (Å²) >= 11 is 13.0. The lowest BCUT2D eigenvalue weighted by atomic mass is 10.2. The summed E-state index contributed by atoms with van der Waals surface area (Å²) in [4.78, 5) is 25.9. The number of aliphatic hydroxyl groups is 1. The van der Waals surface area contributed by atoms with Gasteiger partial charge in [-0.15, -0.1) is 0 Å². The van der Waals surface area contributed by atoms with Crippen molar-refractivity contribution in [1.29, 1.82) is 0 Å². The minimum absolute atomic E-state index is 0.0796. The quantitative estimate of drug-likeness (QED) is 0.631. The fourth-order valence-corrected chi connectivity index (χ4v) is 4.05. The lowest BCUT2D eigenvalue weighted by Crippen LogP contribution is -2.31. The number of carbonyl (C=O) groups is 2. The van der Waals surface area contributed by atoms with Crippen LogP contribution in [0.1, 0.15) is 5.56 Å². The highest BCUT2D eigenvalue weighted by molar-refractivity contribution is 9.11. The fourth-order valence-electron chi connectivity index (χ4n) is 2.28. The topological polar surface area (TPSA) is 78.9 Å². The molecule has 0 unspecified atom stereocenters. The van der Waals surface area contributed by atoms with Gasteiger partial charge in [-0.1, -0.05) is 11.6 Å². The summed E-state index contributed by atoms with van der Waals surface area (Å²) in [6.45, 7) is 1.85. The average molecular weight is 483 g/mol. The molecule has 2 rings (SSSR count). The van der Waals surface area contributed by atoms with E-state index in [4.69, 9.17) is 21.4 Å². The molecule has 0 spiro atoms. The van der Waals surface area contributed by atoms with Crippen molar-refractivity contribution in [1.82, 2.24) is 4.90 Å². The van der Waals surface area contributed by atoms with Gasteiger partial charge in [0.15, 0.2) is 0 Å². The maximum absolute atomic E-state index is 12.5. The first-order valence-corrected chi connectivity index (χ1v) is 8.90. The Hall–Kier alpha value is -1.09. The number of ether oxygens (including phenoxy) is 1. The second kappa shape index (κ2) is 7.86. The van der Waals surface area contributed by atoms with Gasteiger partial charge in [-0.2, -0.15) is 0 Å².